The fraction of sp³-hybridized carbons (Fsp3) is 0. The highest BCUT2D eigenvalue weighted by Gasteiger charge is 1.97. The Morgan fingerprint density at radius 3 is 1.56 bits per heavy atom. The lowest BCUT2D eigenvalue weighted by Crippen LogP contribution is -1.96. The van der Waals surface area contributed by atoms with E-state index in [1.165, 1.54) is 0 Å². The van der Waals surface area contributed by atoms with E-state index >= 15 is 0 Å². The minimum absolute atomic E-state index is 0.279. The van der Waals surface area contributed by atoms with Crippen LogP contribution in [-0.4, -0.2) is 19.9 Å². The molecular weight excluding hydrogens is 251 g/mol. The van der Waals surface area contributed by atoms with Crippen LogP contribution < -0.4 is 9.67 Å². The number of hydrogen-bond acceptors (Lipinski definition) is 6. The molecule has 2 aromatic rings. The van der Waals surface area contributed by atoms with Crippen LogP contribution in [0.15, 0.2) is 36.9 Å². The van der Waals surface area contributed by atoms with Gasteiger partial charge in [0.1, 0.15) is 0 Å². The first kappa shape index (κ1) is 12.4. The summed E-state index contributed by atoms with van der Waals surface area (Å²) in [7, 11) is 0. The Hall–Kier alpha value is -1.66. The van der Waals surface area contributed by atoms with Crippen molar-refractivity contribution in [2.24, 2.45) is 0 Å². The van der Waals surface area contributed by atoms with Crippen LogP contribution in [0.25, 0.3) is 0 Å². The van der Waals surface area contributed by atoms with E-state index in [4.69, 9.17) is 29.3 Å². The lowest BCUT2D eigenvalue weighted by atomic mass is 10.7. The third-order valence-corrected chi connectivity index (χ3v) is 1.59. The van der Waals surface area contributed by atoms with Gasteiger partial charge in [0.15, 0.2) is 0 Å². The van der Waals surface area contributed by atoms with Crippen LogP contribution in [0.1, 0.15) is 0 Å². The van der Waals surface area contributed by atoms with Crippen LogP contribution >= 0.6 is 23.6 Å². The zero-order chi connectivity index (χ0) is 11.8. The number of nitrogen functional groups attached to an aromatic ring is 1. The summed E-state index contributed by atoms with van der Waals surface area (Å²) in [5, 5.41) is 0. The van der Waals surface area contributed by atoms with E-state index in [1.54, 1.807) is 36.9 Å². The Labute approximate surface area is 102 Å². The fourth-order valence-corrected chi connectivity index (χ4v) is 0.864. The molecule has 2 heterocycles. The van der Waals surface area contributed by atoms with Gasteiger partial charge in [0.05, 0.1) is 0 Å². The van der Waals surface area contributed by atoms with E-state index in [9.17, 15) is 0 Å². The molecule has 0 aliphatic heterocycles. The van der Waals surface area contributed by atoms with Gasteiger partial charge in [0, 0.05) is 48.3 Å². The Morgan fingerprint density at radius 1 is 0.875 bits per heavy atom. The molecule has 0 aliphatic carbocycles. The molecule has 16 heavy (non-hydrogen) atoms. The maximum Gasteiger partial charge on any atom is 0.255 e. The summed E-state index contributed by atoms with van der Waals surface area (Å²) in [6.07, 6.45) is 6.31. The lowest BCUT2D eigenvalue weighted by molar-refractivity contribution is 1.15. The third kappa shape index (κ3) is 4.72. The monoisotopic (exact) mass is 258 g/mol. The van der Waals surface area contributed by atoms with Crippen molar-refractivity contribution in [1.82, 2.24) is 19.9 Å². The largest absolute Gasteiger partial charge is 0.368 e. The molecule has 2 aromatic heterocycles. The van der Waals surface area contributed by atoms with Crippen LogP contribution in [0.4, 0.5) is 11.9 Å². The normalized spacial score (nSPS) is 8.88. The van der Waals surface area contributed by atoms with E-state index in [0.29, 0.717) is 5.95 Å². The second kappa shape index (κ2) is 6.76. The van der Waals surface area contributed by atoms with Crippen molar-refractivity contribution in [3.05, 3.63) is 36.9 Å². The average molecular weight is 259 g/mol. The smallest absolute Gasteiger partial charge is 0.255 e. The third-order valence-electron chi connectivity index (χ3n) is 1.29. The summed E-state index contributed by atoms with van der Waals surface area (Å²) in [4.78, 5) is 14.8. The Bertz CT molecular complexity index is 396. The van der Waals surface area contributed by atoms with E-state index in [0.717, 1.165) is 3.94 Å². The number of halogens is 2. The molecule has 0 atom stereocenters. The van der Waals surface area contributed by atoms with Gasteiger partial charge in [-0.15, -0.1) is 0 Å². The summed E-state index contributed by atoms with van der Waals surface area (Å²) in [5.41, 5.74) is 5.14. The number of hydrogen-bond donors (Lipinski definition) is 1. The average Bonchev–Trinajstić information content (AvgIpc) is 2.32. The standard InChI is InChI=1S/C4H3Cl2N3.C4H5N3/c5-9(6)4-7-2-1-3-8-4;5-4-6-2-1-3-7-4/h1-3H;1-3H,(H2,5,6,7). The number of nitrogens with two attached hydrogens (primary N) is 1. The van der Waals surface area contributed by atoms with Crippen LogP contribution in [0.3, 0.4) is 0 Å². The SMILES string of the molecule is ClN(Cl)c1ncccn1.Nc1ncccn1. The molecule has 6 nitrogen and oxygen atoms in total. The van der Waals surface area contributed by atoms with Gasteiger partial charge in [-0.05, 0) is 12.1 Å². The summed E-state index contributed by atoms with van der Waals surface area (Å²) >= 11 is 10.6. The van der Waals surface area contributed by atoms with Crippen molar-refractivity contribution in [2.45, 2.75) is 0 Å². The van der Waals surface area contributed by atoms with Crippen LogP contribution in [0, 0.1) is 0 Å². The minimum Gasteiger partial charge on any atom is -0.368 e. The van der Waals surface area contributed by atoms with Gasteiger partial charge in [-0.25, -0.2) is 19.9 Å². The molecule has 0 saturated carbocycles. The van der Waals surface area contributed by atoms with Crippen LogP contribution in [-0.2, 0) is 0 Å². The van der Waals surface area contributed by atoms with Crippen molar-refractivity contribution < 1.29 is 0 Å². The highest BCUT2D eigenvalue weighted by Crippen LogP contribution is 2.09. The zero-order valence-corrected chi connectivity index (χ0v) is 9.55. The molecule has 0 bridgehead atoms. The van der Waals surface area contributed by atoms with Crippen molar-refractivity contribution in [1.29, 1.82) is 0 Å². The predicted octanol–water partition coefficient (Wildman–Crippen LogP) is 1.65. The van der Waals surface area contributed by atoms with Crippen molar-refractivity contribution in [3.8, 4) is 0 Å². The molecule has 0 aromatic carbocycles. The number of rotatable bonds is 1. The maximum absolute atomic E-state index is 5.28. The minimum atomic E-state index is 0.279. The first-order valence-electron chi connectivity index (χ1n) is 4.11. The van der Waals surface area contributed by atoms with E-state index in [-0.39, 0.29) is 5.95 Å². The van der Waals surface area contributed by atoms with Gasteiger partial charge in [0.2, 0.25) is 5.95 Å². The number of nitrogens with zero attached hydrogens (tertiary/aromatic N) is 5. The lowest BCUT2D eigenvalue weighted by Gasteiger charge is -1.99. The second-order valence-corrected chi connectivity index (χ2v) is 3.24. The molecule has 0 spiro atoms. The van der Waals surface area contributed by atoms with Crippen LogP contribution in [0.5, 0.6) is 0 Å². The Kier molecular flexibility index (Phi) is 5.24. The second-order valence-electron chi connectivity index (χ2n) is 2.39. The highest BCUT2D eigenvalue weighted by atomic mass is 35.5. The molecule has 0 saturated heterocycles. The molecule has 2 N–H and O–H groups in total. The topological polar surface area (TPSA) is 80.8 Å². The van der Waals surface area contributed by atoms with Crippen LogP contribution in [0.2, 0.25) is 0 Å². The first-order valence-corrected chi connectivity index (χ1v) is 4.79. The van der Waals surface area contributed by atoms with Gasteiger partial charge in [0.25, 0.3) is 5.95 Å². The van der Waals surface area contributed by atoms with Crippen molar-refractivity contribution in [2.75, 3.05) is 9.67 Å². The fourth-order valence-electron chi connectivity index (χ4n) is 0.689. The molecule has 8 heteroatoms. The summed E-state index contributed by atoms with van der Waals surface area (Å²) in [5.74, 6) is 0.600. The molecule has 0 aliphatic rings. The van der Waals surface area contributed by atoms with E-state index < -0.39 is 0 Å². The molecule has 0 radical (unpaired) electrons. The van der Waals surface area contributed by atoms with Gasteiger partial charge < -0.3 is 5.73 Å². The van der Waals surface area contributed by atoms with Gasteiger partial charge >= 0.3 is 0 Å². The predicted molar refractivity (Wildman–Crippen MR) is 62.7 cm³/mol. The van der Waals surface area contributed by atoms with Crippen molar-refractivity contribution >= 4 is 35.5 Å². The number of anilines is 2. The van der Waals surface area contributed by atoms with Crippen molar-refractivity contribution in [3.63, 3.8) is 0 Å². The number of aromatic nitrogens is 4. The van der Waals surface area contributed by atoms with E-state index in [2.05, 4.69) is 19.9 Å². The molecule has 2 rings (SSSR count). The summed E-state index contributed by atoms with van der Waals surface area (Å²) in [6, 6.07) is 3.40. The van der Waals surface area contributed by atoms with Gasteiger partial charge in [-0.3, -0.25) is 0 Å². The first-order chi connectivity index (χ1) is 7.70. The molecule has 0 unspecified atom stereocenters. The molecule has 0 fully saturated rings. The van der Waals surface area contributed by atoms with Gasteiger partial charge in [-0.2, -0.15) is 3.94 Å². The highest BCUT2D eigenvalue weighted by molar-refractivity contribution is 6.48. The maximum atomic E-state index is 5.28. The summed E-state index contributed by atoms with van der Waals surface area (Å²) < 4.78 is 0.806. The zero-order valence-electron chi connectivity index (χ0n) is 8.03. The quantitative estimate of drug-likeness (QED) is 0.784. The Balaban J connectivity index is 0.000000165. The molecular formula is C8H8Cl2N6. The van der Waals surface area contributed by atoms with Gasteiger partial charge in [-0.1, -0.05) is 0 Å². The van der Waals surface area contributed by atoms with E-state index in [1.807, 2.05) is 0 Å². The summed E-state index contributed by atoms with van der Waals surface area (Å²) in [6.45, 7) is 0. The molecule has 0 amide bonds. The molecule has 84 valence electrons. The Morgan fingerprint density at radius 2 is 1.31 bits per heavy atom.